The van der Waals surface area contributed by atoms with E-state index in [-0.39, 0.29) is 0 Å². The van der Waals surface area contributed by atoms with E-state index in [1.165, 1.54) is 67.7 Å². The average molecular weight is 332 g/mol. The van der Waals surface area contributed by atoms with Gasteiger partial charge in [0.05, 0.1) is 11.6 Å². The van der Waals surface area contributed by atoms with Gasteiger partial charge in [-0.1, -0.05) is 50.5 Å². The summed E-state index contributed by atoms with van der Waals surface area (Å²) in [5.41, 5.74) is 2.27. The van der Waals surface area contributed by atoms with Crippen molar-refractivity contribution in [2.24, 2.45) is 17.8 Å². The van der Waals surface area contributed by atoms with Gasteiger partial charge in [0, 0.05) is 0 Å². The highest BCUT2D eigenvalue weighted by Gasteiger charge is 2.35. The third-order valence-corrected chi connectivity index (χ3v) is 6.88. The van der Waals surface area contributed by atoms with Crippen LogP contribution in [0.25, 0.3) is 10.8 Å². The van der Waals surface area contributed by atoms with E-state index >= 15 is 0 Å². The summed E-state index contributed by atoms with van der Waals surface area (Å²) in [5, 5.41) is 11.5. The Morgan fingerprint density at radius 2 is 1.68 bits per heavy atom. The molecule has 0 radical (unpaired) electrons. The first kappa shape index (κ1) is 16.6. The second kappa shape index (κ2) is 7.20. The zero-order valence-electron chi connectivity index (χ0n) is 15.4. The van der Waals surface area contributed by atoms with Gasteiger partial charge < -0.3 is 0 Å². The van der Waals surface area contributed by atoms with Crippen LogP contribution in [0.2, 0.25) is 0 Å². The van der Waals surface area contributed by atoms with Crippen molar-refractivity contribution in [3.8, 4) is 6.07 Å². The molecule has 4 unspecified atom stereocenters. The Kier molecular flexibility index (Phi) is 4.80. The van der Waals surface area contributed by atoms with Gasteiger partial charge in [-0.3, -0.25) is 0 Å². The lowest BCUT2D eigenvalue weighted by molar-refractivity contribution is 0.114. The molecule has 25 heavy (non-hydrogen) atoms. The minimum absolute atomic E-state index is 0.740. The summed E-state index contributed by atoms with van der Waals surface area (Å²) in [6, 6.07) is 15.2. The molecule has 2 aliphatic rings. The Balaban J connectivity index is 1.48. The van der Waals surface area contributed by atoms with E-state index in [0.717, 1.165) is 29.2 Å². The molecule has 1 nitrogen and oxygen atoms in total. The van der Waals surface area contributed by atoms with Crippen LogP contribution < -0.4 is 0 Å². The number of hydrogen-bond acceptors (Lipinski definition) is 1. The van der Waals surface area contributed by atoms with Gasteiger partial charge in [-0.05, 0) is 84.2 Å². The summed E-state index contributed by atoms with van der Waals surface area (Å²) in [6.07, 6.45) is 11.4. The van der Waals surface area contributed by atoms with Crippen LogP contribution in [0.4, 0.5) is 0 Å². The number of nitrogens with zero attached hydrogens (tertiary/aromatic N) is 1. The molecule has 4 rings (SSSR count). The summed E-state index contributed by atoms with van der Waals surface area (Å²) >= 11 is 0. The van der Waals surface area contributed by atoms with Gasteiger partial charge in [-0.15, -0.1) is 0 Å². The molecule has 0 N–H and O–H groups in total. The van der Waals surface area contributed by atoms with Gasteiger partial charge in [-0.25, -0.2) is 0 Å². The van der Waals surface area contributed by atoms with E-state index in [1.807, 2.05) is 12.1 Å². The van der Waals surface area contributed by atoms with E-state index < -0.39 is 0 Å². The topological polar surface area (TPSA) is 23.8 Å². The second-order valence-corrected chi connectivity index (χ2v) is 8.43. The molecule has 1 heteroatoms. The van der Waals surface area contributed by atoms with Crippen molar-refractivity contribution in [1.29, 1.82) is 5.26 Å². The van der Waals surface area contributed by atoms with Crippen molar-refractivity contribution in [1.82, 2.24) is 0 Å². The van der Waals surface area contributed by atoms with E-state index in [4.69, 9.17) is 5.26 Å². The molecule has 0 amide bonds. The molecule has 2 saturated carbocycles. The first-order valence-electron chi connectivity index (χ1n) is 10.2. The Morgan fingerprint density at radius 3 is 2.52 bits per heavy atom. The molecule has 0 aromatic heterocycles. The molecule has 0 spiro atoms. The van der Waals surface area contributed by atoms with Crippen LogP contribution in [-0.2, 0) is 0 Å². The summed E-state index contributed by atoms with van der Waals surface area (Å²) < 4.78 is 0. The van der Waals surface area contributed by atoms with E-state index in [2.05, 4.69) is 37.3 Å². The van der Waals surface area contributed by atoms with Crippen LogP contribution in [0.15, 0.2) is 36.4 Å². The molecule has 2 aliphatic carbocycles. The Labute approximate surface area is 152 Å². The monoisotopic (exact) mass is 331 g/mol. The first-order valence-corrected chi connectivity index (χ1v) is 10.2. The lowest BCUT2D eigenvalue weighted by Gasteiger charge is -2.42. The first-order chi connectivity index (χ1) is 12.3. The van der Waals surface area contributed by atoms with Crippen molar-refractivity contribution in [3.63, 3.8) is 0 Å². The van der Waals surface area contributed by atoms with Crippen molar-refractivity contribution in [2.45, 2.75) is 64.2 Å². The number of rotatable bonds is 3. The molecular weight excluding hydrogens is 302 g/mol. The zero-order valence-corrected chi connectivity index (χ0v) is 15.4. The van der Waals surface area contributed by atoms with Crippen molar-refractivity contribution in [2.75, 3.05) is 0 Å². The van der Waals surface area contributed by atoms with Gasteiger partial charge in [-0.2, -0.15) is 5.26 Å². The van der Waals surface area contributed by atoms with Crippen LogP contribution in [0, 0.1) is 29.1 Å². The summed E-state index contributed by atoms with van der Waals surface area (Å²) in [4.78, 5) is 0. The molecule has 0 heterocycles. The van der Waals surface area contributed by atoms with Crippen LogP contribution >= 0.6 is 0 Å². The number of hydrogen-bond donors (Lipinski definition) is 0. The fourth-order valence-electron chi connectivity index (χ4n) is 5.55. The number of fused-ring (bicyclic) bond motifs is 2. The van der Waals surface area contributed by atoms with Crippen molar-refractivity contribution >= 4 is 10.8 Å². The summed E-state index contributed by atoms with van der Waals surface area (Å²) in [7, 11) is 0. The third-order valence-electron chi connectivity index (χ3n) is 6.88. The minimum Gasteiger partial charge on any atom is -0.192 e. The van der Waals surface area contributed by atoms with Crippen LogP contribution in [0.5, 0.6) is 0 Å². The largest absolute Gasteiger partial charge is 0.192 e. The number of nitriles is 1. The number of benzene rings is 2. The molecular formula is C24H29N. The van der Waals surface area contributed by atoms with E-state index in [1.54, 1.807) is 0 Å². The fourth-order valence-corrected chi connectivity index (χ4v) is 5.55. The smallest absolute Gasteiger partial charge is 0.0991 e. The second-order valence-electron chi connectivity index (χ2n) is 8.43. The maximum atomic E-state index is 9.07. The normalized spacial score (nSPS) is 29.1. The fraction of sp³-hybridized carbons (Fsp3) is 0.542. The third kappa shape index (κ3) is 3.45. The predicted molar refractivity (Wildman–Crippen MR) is 104 cm³/mol. The summed E-state index contributed by atoms with van der Waals surface area (Å²) in [6.45, 7) is 2.34. The summed E-state index contributed by atoms with van der Waals surface area (Å²) in [5.74, 6) is 3.71. The molecule has 2 fully saturated rings. The highest BCUT2D eigenvalue weighted by molar-refractivity contribution is 5.84. The minimum atomic E-state index is 0.740. The van der Waals surface area contributed by atoms with Crippen LogP contribution in [-0.4, -0.2) is 0 Å². The molecule has 0 aliphatic heterocycles. The van der Waals surface area contributed by atoms with Gasteiger partial charge >= 0.3 is 0 Å². The maximum Gasteiger partial charge on any atom is 0.0991 e. The van der Waals surface area contributed by atoms with Crippen LogP contribution in [0.1, 0.15) is 75.3 Å². The van der Waals surface area contributed by atoms with Gasteiger partial charge in [0.1, 0.15) is 0 Å². The SMILES string of the molecule is CCCC1CCC2CC(c3ccc4cc(C#N)ccc4c3)CCC2C1. The average Bonchev–Trinajstić information content (AvgIpc) is 2.67. The highest BCUT2D eigenvalue weighted by atomic mass is 14.4. The Morgan fingerprint density at radius 1 is 0.920 bits per heavy atom. The molecule has 2 aromatic carbocycles. The molecule has 130 valence electrons. The Hall–Kier alpha value is -1.81. The van der Waals surface area contributed by atoms with E-state index in [0.29, 0.717) is 0 Å². The standard InChI is InChI=1S/C24H29N/c1-2-3-17-4-6-21-14-23(10-8-19(21)12-17)24-11-9-20-13-18(16-25)5-7-22(20)15-24/h5,7,9,11,13,15,17,19,21,23H,2-4,6,8,10,12,14H2,1H3. The maximum absolute atomic E-state index is 9.07. The van der Waals surface area contributed by atoms with Gasteiger partial charge in [0.2, 0.25) is 0 Å². The van der Waals surface area contributed by atoms with Crippen molar-refractivity contribution < 1.29 is 0 Å². The molecule has 2 aromatic rings. The molecule has 4 atom stereocenters. The van der Waals surface area contributed by atoms with Gasteiger partial charge in [0.15, 0.2) is 0 Å². The lowest BCUT2D eigenvalue weighted by Crippen LogP contribution is -2.30. The molecule has 0 saturated heterocycles. The lowest BCUT2D eigenvalue weighted by atomic mass is 9.63. The zero-order chi connectivity index (χ0) is 17.2. The molecule has 0 bridgehead atoms. The van der Waals surface area contributed by atoms with Crippen LogP contribution in [0.3, 0.4) is 0 Å². The highest BCUT2D eigenvalue weighted by Crippen LogP contribution is 2.48. The Bertz CT molecular complexity index is 784. The van der Waals surface area contributed by atoms with Gasteiger partial charge in [0.25, 0.3) is 0 Å². The quantitative estimate of drug-likeness (QED) is 0.606. The van der Waals surface area contributed by atoms with E-state index in [9.17, 15) is 0 Å². The predicted octanol–water partition coefficient (Wildman–Crippen LogP) is 6.81. The van der Waals surface area contributed by atoms with Crippen molar-refractivity contribution in [3.05, 3.63) is 47.5 Å².